The van der Waals surface area contributed by atoms with E-state index in [1.807, 2.05) is 91.0 Å². The second-order valence-electron chi connectivity index (χ2n) is 14.5. The molecule has 0 bridgehead atoms. The molecule has 11 heteroatoms. The highest BCUT2D eigenvalue weighted by Crippen LogP contribution is 2.37. The van der Waals surface area contributed by atoms with Crippen molar-refractivity contribution in [3.8, 4) is 0 Å². The largest absolute Gasteiger partial charge is 0.379 e. The van der Waals surface area contributed by atoms with Gasteiger partial charge in [0.2, 0.25) is 0 Å². The van der Waals surface area contributed by atoms with Gasteiger partial charge in [-0.05, 0) is 24.0 Å². The van der Waals surface area contributed by atoms with E-state index in [9.17, 15) is 4.79 Å². The lowest BCUT2D eigenvalue weighted by atomic mass is 9.97. The molecule has 2 aliphatic heterocycles. The molecule has 2 saturated heterocycles. The summed E-state index contributed by atoms with van der Waals surface area (Å²) in [6, 6.07) is 30.1. The van der Waals surface area contributed by atoms with Crippen molar-refractivity contribution in [1.29, 1.82) is 0 Å². The summed E-state index contributed by atoms with van der Waals surface area (Å²) in [7, 11) is 0. The van der Waals surface area contributed by atoms with Crippen LogP contribution in [0.15, 0.2) is 91.0 Å². The smallest absolute Gasteiger partial charge is 0.187 e. The average Bonchev–Trinajstić information content (AvgIpc) is 3.24. The van der Waals surface area contributed by atoms with E-state index in [0.717, 1.165) is 41.9 Å². The molecule has 10 nitrogen and oxygen atoms in total. The number of carbonyl (C=O) groups is 1. The number of benzene rings is 3. The van der Waals surface area contributed by atoms with Crippen molar-refractivity contribution < 1.29 is 47.4 Å². The molecule has 0 aromatic heterocycles. The van der Waals surface area contributed by atoms with Crippen molar-refractivity contribution in [2.45, 2.75) is 115 Å². The zero-order valence-corrected chi connectivity index (χ0v) is 34.6. The molecule has 0 amide bonds. The number of hydrogen-bond acceptors (Lipinski definition) is 11. The van der Waals surface area contributed by atoms with E-state index in [2.05, 4.69) is 0 Å². The number of hydrogen-bond donors (Lipinski definition) is 0. The van der Waals surface area contributed by atoms with Crippen LogP contribution in [0.2, 0.25) is 0 Å². The molecule has 57 heavy (non-hydrogen) atoms. The van der Waals surface area contributed by atoms with Crippen molar-refractivity contribution in [1.82, 2.24) is 0 Å². The molecule has 6 atom stereocenters. The molecule has 3 aromatic rings. The summed E-state index contributed by atoms with van der Waals surface area (Å²) in [5, 5.41) is 0.227. The molecule has 3 aromatic carbocycles. The van der Waals surface area contributed by atoms with Gasteiger partial charge in [-0.2, -0.15) is 0 Å². The Morgan fingerprint density at radius 3 is 1.68 bits per heavy atom. The SMILES string of the molecule is CC(=O)SCCCCCCCCCCCOCCOCCOCCO[C@@H]1O[C@@H]2CO[C@@H](c3ccccc3)O[C@H]2[C@H](OCc2ccccc2)[C@@H]1OCc1ccccc1. The van der Waals surface area contributed by atoms with Gasteiger partial charge in [0.05, 0.1) is 59.5 Å². The number of unbranched alkanes of at least 4 members (excludes halogenated alkanes) is 8. The van der Waals surface area contributed by atoms with Crippen LogP contribution in [0, 0.1) is 0 Å². The summed E-state index contributed by atoms with van der Waals surface area (Å²) in [5.74, 6) is 0.965. The maximum Gasteiger partial charge on any atom is 0.187 e. The molecular weight excluding hydrogens is 745 g/mol. The Hall–Kier alpha value is -2.68. The van der Waals surface area contributed by atoms with Gasteiger partial charge in [-0.3, -0.25) is 4.79 Å². The maximum atomic E-state index is 11.0. The zero-order valence-electron chi connectivity index (χ0n) is 33.8. The maximum absolute atomic E-state index is 11.0. The molecule has 0 radical (unpaired) electrons. The summed E-state index contributed by atoms with van der Waals surface area (Å²) >= 11 is 1.44. The summed E-state index contributed by atoms with van der Waals surface area (Å²) in [6.45, 7) is 6.23. The molecule has 2 heterocycles. The lowest BCUT2D eigenvalue weighted by Crippen LogP contribution is -2.63. The van der Waals surface area contributed by atoms with Crippen LogP contribution < -0.4 is 0 Å². The van der Waals surface area contributed by atoms with Crippen LogP contribution in [0.1, 0.15) is 87.7 Å². The Balaban J connectivity index is 0.987. The minimum Gasteiger partial charge on any atom is -0.379 e. The van der Waals surface area contributed by atoms with Gasteiger partial charge in [0.1, 0.15) is 24.4 Å². The normalized spacial score (nSPS) is 22.0. The van der Waals surface area contributed by atoms with E-state index >= 15 is 0 Å². The summed E-state index contributed by atoms with van der Waals surface area (Å²) in [4.78, 5) is 11.0. The topological polar surface area (TPSA) is 100 Å². The molecule has 0 unspecified atom stereocenters. The third-order valence-corrected chi connectivity index (χ3v) is 10.8. The van der Waals surface area contributed by atoms with Gasteiger partial charge >= 0.3 is 0 Å². The standard InChI is InChI=1S/C46H64O10S/c1-37(47)57-33-19-8-6-4-2-3-5-7-18-26-48-27-28-49-29-30-50-31-32-51-46-44(53-35-39-22-14-10-15-23-39)43(52-34-38-20-12-9-13-21-38)42-41(55-46)36-54-45(56-42)40-24-16-11-17-25-40/h9-17,20-25,41-46H,2-8,18-19,26-36H2,1H3/t41-,42-,43+,44+,45-,46-/m1/s1. The molecule has 2 fully saturated rings. The van der Waals surface area contributed by atoms with Gasteiger partial charge in [-0.25, -0.2) is 0 Å². The first-order valence-electron chi connectivity index (χ1n) is 20.9. The third kappa shape index (κ3) is 17.6. The molecular formula is C46H64O10S. The van der Waals surface area contributed by atoms with E-state index in [-0.39, 0.29) is 5.12 Å². The Morgan fingerprint density at radius 2 is 1.09 bits per heavy atom. The molecule has 314 valence electrons. The molecule has 0 aliphatic carbocycles. The Bertz CT molecular complexity index is 1450. The van der Waals surface area contributed by atoms with Gasteiger partial charge in [0.25, 0.3) is 0 Å². The van der Waals surface area contributed by atoms with Crippen LogP contribution in [0.3, 0.4) is 0 Å². The van der Waals surface area contributed by atoms with Crippen molar-refractivity contribution in [2.24, 2.45) is 0 Å². The molecule has 5 rings (SSSR count). The predicted octanol–water partition coefficient (Wildman–Crippen LogP) is 8.85. The highest BCUT2D eigenvalue weighted by atomic mass is 32.2. The van der Waals surface area contributed by atoms with E-state index in [0.29, 0.717) is 59.5 Å². The number of fused-ring (bicyclic) bond motifs is 1. The Labute approximate surface area is 344 Å². The second-order valence-corrected chi connectivity index (χ2v) is 15.7. The molecule has 0 N–H and O–H groups in total. The van der Waals surface area contributed by atoms with Crippen molar-refractivity contribution in [2.75, 3.05) is 58.6 Å². The van der Waals surface area contributed by atoms with Crippen molar-refractivity contribution in [3.63, 3.8) is 0 Å². The second kappa shape index (κ2) is 27.9. The average molecular weight is 809 g/mol. The summed E-state index contributed by atoms with van der Waals surface area (Å²) in [6.07, 6.45) is 7.85. The number of rotatable bonds is 29. The number of carbonyl (C=O) groups excluding carboxylic acids is 1. The first-order valence-corrected chi connectivity index (χ1v) is 21.9. The van der Waals surface area contributed by atoms with Gasteiger partial charge < -0.3 is 42.6 Å². The minimum atomic E-state index is -0.729. The zero-order chi connectivity index (χ0) is 39.6. The van der Waals surface area contributed by atoms with Crippen molar-refractivity contribution in [3.05, 3.63) is 108 Å². The first kappa shape index (κ1) is 45.4. The highest BCUT2D eigenvalue weighted by molar-refractivity contribution is 8.13. The minimum absolute atomic E-state index is 0.227. The lowest BCUT2D eigenvalue weighted by Gasteiger charge is -2.49. The van der Waals surface area contributed by atoms with Crippen molar-refractivity contribution >= 4 is 16.9 Å². The Kier molecular flexibility index (Phi) is 22.2. The Morgan fingerprint density at radius 1 is 0.579 bits per heavy atom. The monoisotopic (exact) mass is 808 g/mol. The van der Waals surface area contributed by atoms with Gasteiger partial charge in [-0.15, -0.1) is 0 Å². The van der Waals surface area contributed by atoms with Crippen LogP contribution >= 0.6 is 11.8 Å². The van der Waals surface area contributed by atoms with Crippen LogP contribution in [0.25, 0.3) is 0 Å². The predicted molar refractivity (Wildman–Crippen MR) is 222 cm³/mol. The van der Waals surface area contributed by atoms with Crippen LogP contribution in [0.4, 0.5) is 0 Å². The van der Waals surface area contributed by atoms with Crippen LogP contribution in [-0.2, 0) is 60.6 Å². The summed E-state index contributed by atoms with van der Waals surface area (Å²) < 4.78 is 56.2. The fourth-order valence-electron chi connectivity index (χ4n) is 6.88. The van der Waals surface area contributed by atoms with Crippen LogP contribution in [0.5, 0.6) is 0 Å². The first-order chi connectivity index (χ1) is 28.2. The number of ether oxygens (including phenoxy) is 9. The highest BCUT2D eigenvalue weighted by Gasteiger charge is 2.52. The fourth-order valence-corrected chi connectivity index (χ4v) is 7.52. The molecule has 2 aliphatic rings. The van der Waals surface area contributed by atoms with Gasteiger partial charge in [0, 0.05) is 24.8 Å². The molecule has 0 saturated carbocycles. The van der Waals surface area contributed by atoms with E-state index in [1.54, 1.807) is 6.92 Å². The third-order valence-electron chi connectivity index (χ3n) is 9.92. The lowest BCUT2D eigenvalue weighted by molar-refractivity contribution is -0.373. The molecule has 0 spiro atoms. The summed E-state index contributed by atoms with van der Waals surface area (Å²) in [5.41, 5.74) is 3.02. The quantitative estimate of drug-likeness (QED) is 0.0629. The van der Waals surface area contributed by atoms with E-state index in [1.165, 1.54) is 56.7 Å². The van der Waals surface area contributed by atoms with Gasteiger partial charge in [-0.1, -0.05) is 148 Å². The van der Waals surface area contributed by atoms with Gasteiger partial charge in [0.15, 0.2) is 17.7 Å². The fraction of sp³-hybridized carbons (Fsp3) is 0.587. The van der Waals surface area contributed by atoms with Crippen LogP contribution in [-0.4, -0.2) is 94.4 Å². The number of thioether (sulfide) groups is 1. The van der Waals surface area contributed by atoms with E-state index < -0.39 is 37.0 Å². The van der Waals surface area contributed by atoms with E-state index in [4.69, 9.17) is 42.6 Å².